The third-order valence-electron chi connectivity index (χ3n) is 2.73. The van der Waals surface area contributed by atoms with Gasteiger partial charge in [0.25, 0.3) is 0 Å². The summed E-state index contributed by atoms with van der Waals surface area (Å²) in [5, 5.41) is 12.3. The molecule has 0 aromatic carbocycles. The van der Waals surface area contributed by atoms with Gasteiger partial charge in [0.1, 0.15) is 18.2 Å². The van der Waals surface area contributed by atoms with E-state index in [1.54, 1.807) is 18.3 Å². The first-order valence-electron chi connectivity index (χ1n) is 5.61. The molecule has 1 saturated heterocycles. The fourth-order valence-electron chi connectivity index (χ4n) is 1.84. The fraction of sp³-hybridized carbons (Fsp3) is 0.500. The summed E-state index contributed by atoms with van der Waals surface area (Å²) >= 11 is 0. The summed E-state index contributed by atoms with van der Waals surface area (Å²) in [6, 6.07) is 5.93. The Morgan fingerprint density at radius 2 is 2.50 bits per heavy atom. The average molecular weight is 217 g/mol. The van der Waals surface area contributed by atoms with Crippen molar-refractivity contribution < 1.29 is 4.74 Å². The van der Waals surface area contributed by atoms with Gasteiger partial charge in [-0.2, -0.15) is 5.26 Å². The highest BCUT2D eigenvalue weighted by Gasteiger charge is 2.14. The standard InChI is InChI=1S/C12H15N3O/c13-8-10-4-3-7-15-12(10)16-9-11-5-1-2-6-14-11/h3-4,7,11,14H,1-2,5-6,9H2/t11-/m1/s1. The Morgan fingerprint density at radius 3 is 3.25 bits per heavy atom. The smallest absolute Gasteiger partial charge is 0.231 e. The molecule has 1 atom stereocenters. The van der Waals surface area contributed by atoms with E-state index in [1.807, 2.05) is 0 Å². The van der Waals surface area contributed by atoms with Gasteiger partial charge in [-0.3, -0.25) is 0 Å². The fourth-order valence-corrected chi connectivity index (χ4v) is 1.84. The molecule has 2 rings (SSSR count). The van der Waals surface area contributed by atoms with Crippen molar-refractivity contribution >= 4 is 0 Å². The number of pyridine rings is 1. The predicted octanol–water partition coefficient (Wildman–Crippen LogP) is 1.47. The number of nitrogens with one attached hydrogen (secondary N) is 1. The van der Waals surface area contributed by atoms with Crippen LogP contribution in [0.2, 0.25) is 0 Å². The molecule has 0 saturated carbocycles. The predicted molar refractivity (Wildman–Crippen MR) is 60.1 cm³/mol. The quantitative estimate of drug-likeness (QED) is 0.833. The number of ether oxygens (including phenoxy) is 1. The highest BCUT2D eigenvalue weighted by Crippen LogP contribution is 2.14. The van der Waals surface area contributed by atoms with Crippen LogP contribution < -0.4 is 10.1 Å². The minimum absolute atomic E-state index is 0.391. The minimum Gasteiger partial charge on any atom is -0.475 e. The highest BCUT2D eigenvalue weighted by molar-refractivity contribution is 5.36. The maximum absolute atomic E-state index is 8.87. The van der Waals surface area contributed by atoms with E-state index in [1.165, 1.54) is 12.8 Å². The second-order valence-electron chi connectivity index (χ2n) is 3.93. The number of nitrogens with zero attached hydrogens (tertiary/aromatic N) is 2. The highest BCUT2D eigenvalue weighted by atomic mass is 16.5. The van der Waals surface area contributed by atoms with Crippen molar-refractivity contribution in [3.05, 3.63) is 23.9 Å². The lowest BCUT2D eigenvalue weighted by molar-refractivity contribution is 0.231. The van der Waals surface area contributed by atoms with Crippen LogP contribution in [0.3, 0.4) is 0 Å². The molecule has 1 aromatic rings. The van der Waals surface area contributed by atoms with E-state index in [-0.39, 0.29) is 0 Å². The SMILES string of the molecule is N#Cc1cccnc1OC[C@H]1CCCCN1. The van der Waals surface area contributed by atoms with E-state index < -0.39 is 0 Å². The molecular formula is C12H15N3O. The van der Waals surface area contributed by atoms with Crippen LogP contribution in [0.5, 0.6) is 5.88 Å². The first-order valence-corrected chi connectivity index (χ1v) is 5.61. The number of aromatic nitrogens is 1. The molecule has 0 spiro atoms. The molecule has 1 aliphatic heterocycles. The van der Waals surface area contributed by atoms with Crippen LogP contribution in [0.25, 0.3) is 0 Å². The van der Waals surface area contributed by atoms with Gasteiger partial charge in [0.05, 0.1) is 0 Å². The lowest BCUT2D eigenvalue weighted by atomic mass is 10.1. The van der Waals surface area contributed by atoms with Crippen LogP contribution >= 0.6 is 0 Å². The summed E-state index contributed by atoms with van der Waals surface area (Å²) in [5.74, 6) is 0.442. The maximum Gasteiger partial charge on any atom is 0.231 e. The van der Waals surface area contributed by atoms with Crippen molar-refractivity contribution in [3.63, 3.8) is 0 Å². The van der Waals surface area contributed by atoms with Crippen molar-refractivity contribution in [2.45, 2.75) is 25.3 Å². The minimum atomic E-state index is 0.391. The summed E-state index contributed by atoms with van der Waals surface area (Å²) in [6.45, 7) is 1.65. The maximum atomic E-state index is 8.87. The zero-order valence-corrected chi connectivity index (χ0v) is 9.15. The topological polar surface area (TPSA) is 57.9 Å². The molecule has 1 aliphatic rings. The van der Waals surface area contributed by atoms with E-state index in [0.717, 1.165) is 13.0 Å². The van der Waals surface area contributed by atoms with Gasteiger partial charge >= 0.3 is 0 Å². The van der Waals surface area contributed by atoms with Crippen molar-refractivity contribution in [2.24, 2.45) is 0 Å². The summed E-state index contributed by atoms with van der Waals surface area (Å²) in [4.78, 5) is 4.06. The summed E-state index contributed by atoms with van der Waals surface area (Å²) < 4.78 is 5.57. The summed E-state index contributed by atoms with van der Waals surface area (Å²) in [7, 11) is 0. The first kappa shape index (κ1) is 10.9. The Bertz CT molecular complexity index is 380. The third-order valence-corrected chi connectivity index (χ3v) is 2.73. The molecule has 0 aliphatic carbocycles. The van der Waals surface area contributed by atoms with Gasteiger partial charge in [0, 0.05) is 12.2 Å². The van der Waals surface area contributed by atoms with Crippen molar-refractivity contribution in [1.29, 1.82) is 5.26 Å². The van der Waals surface area contributed by atoms with Crippen LogP contribution in [0.1, 0.15) is 24.8 Å². The first-order chi connectivity index (χ1) is 7.90. The van der Waals surface area contributed by atoms with Gasteiger partial charge in [-0.05, 0) is 31.5 Å². The molecule has 1 N–H and O–H groups in total. The average Bonchev–Trinajstić information content (AvgIpc) is 2.38. The molecule has 4 heteroatoms. The second-order valence-corrected chi connectivity index (χ2v) is 3.93. The van der Waals surface area contributed by atoms with E-state index in [2.05, 4.69) is 16.4 Å². The van der Waals surface area contributed by atoms with Gasteiger partial charge in [0.15, 0.2) is 0 Å². The Morgan fingerprint density at radius 1 is 1.56 bits per heavy atom. The van der Waals surface area contributed by atoms with E-state index >= 15 is 0 Å². The number of rotatable bonds is 3. The van der Waals surface area contributed by atoms with E-state index in [0.29, 0.717) is 24.1 Å². The Balaban J connectivity index is 1.91. The van der Waals surface area contributed by atoms with Crippen LogP contribution in [0.15, 0.2) is 18.3 Å². The molecule has 1 fully saturated rings. The molecule has 4 nitrogen and oxygen atoms in total. The van der Waals surface area contributed by atoms with Crippen LogP contribution in [-0.4, -0.2) is 24.2 Å². The zero-order valence-electron chi connectivity index (χ0n) is 9.15. The van der Waals surface area contributed by atoms with Crippen molar-refractivity contribution in [2.75, 3.05) is 13.2 Å². The van der Waals surface area contributed by atoms with Crippen LogP contribution in [0.4, 0.5) is 0 Å². The van der Waals surface area contributed by atoms with Crippen LogP contribution in [0, 0.1) is 11.3 Å². The Labute approximate surface area is 95.3 Å². The molecule has 0 unspecified atom stereocenters. The van der Waals surface area contributed by atoms with Gasteiger partial charge in [-0.1, -0.05) is 6.42 Å². The van der Waals surface area contributed by atoms with Gasteiger partial charge in [-0.15, -0.1) is 0 Å². The molecule has 0 radical (unpaired) electrons. The van der Waals surface area contributed by atoms with Gasteiger partial charge in [-0.25, -0.2) is 4.98 Å². The lowest BCUT2D eigenvalue weighted by Gasteiger charge is -2.23. The number of nitriles is 1. The lowest BCUT2D eigenvalue weighted by Crippen LogP contribution is -2.38. The van der Waals surface area contributed by atoms with E-state index in [4.69, 9.17) is 10.00 Å². The summed E-state index contributed by atoms with van der Waals surface area (Å²) in [5.41, 5.74) is 0.498. The monoisotopic (exact) mass is 217 g/mol. The molecule has 16 heavy (non-hydrogen) atoms. The van der Waals surface area contributed by atoms with Crippen molar-refractivity contribution in [1.82, 2.24) is 10.3 Å². The zero-order chi connectivity index (χ0) is 11.2. The van der Waals surface area contributed by atoms with Gasteiger partial charge in [0.2, 0.25) is 5.88 Å². The molecule has 2 heterocycles. The number of piperidine rings is 1. The Kier molecular flexibility index (Phi) is 3.73. The van der Waals surface area contributed by atoms with Crippen molar-refractivity contribution in [3.8, 4) is 11.9 Å². The van der Waals surface area contributed by atoms with E-state index in [9.17, 15) is 0 Å². The molecule has 84 valence electrons. The molecule has 1 aromatic heterocycles. The van der Waals surface area contributed by atoms with Gasteiger partial charge < -0.3 is 10.1 Å². The Hall–Kier alpha value is -1.60. The number of hydrogen-bond donors (Lipinski definition) is 1. The largest absolute Gasteiger partial charge is 0.475 e. The molecular weight excluding hydrogens is 202 g/mol. The molecule has 0 bridgehead atoms. The normalized spacial score (nSPS) is 20.1. The number of hydrogen-bond acceptors (Lipinski definition) is 4. The van der Waals surface area contributed by atoms with Crippen LogP contribution in [-0.2, 0) is 0 Å². The third kappa shape index (κ3) is 2.71. The summed E-state index contributed by atoms with van der Waals surface area (Å²) in [6.07, 6.45) is 5.26. The molecule has 0 amide bonds. The second kappa shape index (κ2) is 5.47.